The van der Waals surface area contributed by atoms with Crippen molar-refractivity contribution in [3.05, 3.63) is 29.6 Å². The number of halogens is 1. The second-order valence-corrected chi connectivity index (χ2v) is 4.94. The van der Waals surface area contributed by atoms with E-state index in [1.165, 1.54) is 18.2 Å². The molecule has 2 rings (SSSR count). The number of benzene rings is 1. The van der Waals surface area contributed by atoms with Crippen LogP contribution in [0.15, 0.2) is 18.2 Å². The molecule has 92 valence electrons. The van der Waals surface area contributed by atoms with Gasteiger partial charge in [-0.2, -0.15) is 0 Å². The fourth-order valence-electron chi connectivity index (χ4n) is 2.21. The molecule has 1 aromatic rings. The van der Waals surface area contributed by atoms with E-state index in [9.17, 15) is 9.18 Å². The van der Waals surface area contributed by atoms with Gasteiger partial charge in [0.25, 0.3) is 5.91 Å². The highest BCUT2D eigenvalue weighted by atomic mass is 19.1. The van der Waals surface area contributed by atoms with Crippen LogP contribution in [0.25, 0.3) is 0 Å². The number of carbonyl (C=O) groups is 1. The van der Waals surface area contributed by atoms with Crippen LogP contribution in [0.1, 0.15) is 24.2 Å². The number of rotatable bonds is 1. The summed E-state index contributed by atoms with van der Waals surface area (Å²) in [5.74, 6) is 0.385. The molecule has 0 aliphatic carbocycles. The number of amides is 1. The van der Waals surface area contributed by atoms with Crippen molar-refractivity contribution in [1.82, 2.24) is 4.90 Å². The van der Waals surface area contributed by atoms with E-state index in [1.807, 2.05) is 0 Å². The van der Waals surface area contributed by atoms with Gasteiger partial charge in [-0.05, 0) is 30.0 Å². The van der Waals surface area contributed by atoms with Crippen LogP contribution >= 0.6 is 0 Å². The van der Waals surface area contributed by atoms with Crippen molar-refractivity contribution in [2.45, 2.75) is 13.8 Å². The summed E-state index contributed by atoms with van der Waals surface area (Å²) in [6, 6.07) is 3.98. The van der Waals surface area contributed by atoms with Gasteiger partial charge >= 0.3 is 0 Å². The molecule has 2 N–H and O–H groups in total. The third-order valence-corrected chi connectivity index (χ3v) is 3.44. The molecule has 0 radical (unpaired) electrons. The fraction of sp³-hybridized carbons (Fsp3) is 0.462. The summed E-state index contributed by atoms with van der Waals surface area (Å²) in [7, 11) is 0. The normalized spacial score (nSPS) is 24.1. The molecular weight excluding hydrogens is 219 g/mol. The quantitative estimate of drug-likeness (QED) is 0.759. The molecule has 17 heavy (non-hydrogen) atoms. The lowest BCUT2D eigenvalue weighted by Gasteiger charge is -2.16. The molecule has 1 amide bonds. The lowest BCUT2D eigenvalue weighted by atomic mass is 10.0. The molecule has 0 spiro atoms. The van der Waals surface area contributed by atoms with Gasteiger partial charge in [-0.15, -0.1) is 0 Å². The standard InChI is InChI=1S/C13H17FN2O/c1-8-6-16(7-9(8)2)13(17)10-3-11(14)5-12(15)4-10/h3-5,8-9H,6-7,15H2,1-2H3. The van der Waals surface area contributed by atoms with Crippen LogP contribution in [0.3, 0.4) is 0 Å². The third kappa shape index (κ3) is 2.40. The van der Waals surface area contributed by atoms with E-state index in [4.69, 9.17) is 5.73 Å². The second kappa shape index (κ2) is 4.35. The van der Waals surface area contributed by atoms with E-state index in [0.29, 0.717) is 17.4 Å². The number of likely N-dealkylation sites (tertiary alicyclic amines) is 1. The average molecular weight is 236 g/mol. The van der Waals surface area contributed by atoms with Crippen LogP contribution in [0.4, 0.5) is 10.1 Å². The van der Waals surface area contributed by atoms with Crippen LogP contribution in [-0.4, -0.2) is 23.9 Å². The van der Waals surface area contributed by atoms with Crippen molar-refractivity contribution in [2.24, 2.45) is 11.8 Å². The van der Waals surface area contributed by atoms with Gasteiger partial charge in [0.2, 0.25) is 0 Å². The Hall–Kier alpha value is -1.58. The van der Waals surface area contributed by atoms with Crippen LogP contribution in [0.5, 0.6) is 0 Å². The van der Waals surface area contributed by atoms with Crippen molar-refractivity contribution in [3.63, 3.8) is 0 Å². The summed E-state index contributed by atoms with van der Waals surface area (Å²) >= 11 is 0. The summed E-state index contributed by atoms with van der Waals surface area (Å²) in [5, 5.41) is 0. The maximum absolute atomic E-state index is 13.2. The first-order chi connectivity index (χ1) is 7.97. The van der Waals surface area contributed by atoms with Crippen molar-refractivity contribution < 1.29 is 9.18 Å². The van der Waals surface area contributed by atoms with Crippen LogP contribution in [-0.2, 0) is 0 Å². The van der Waals surface area contributed by atoms with Gasteiger partial charge in [-0.1, -0.05) is 13.8 Å². The summed E-state index contributed by atoms with van der Waals surface area (Å²) in [6.07, 6.45) is 0. The maximum Gasteiger partial charge on any atom is 0.254 e. The maximum atomic E-state index is 13.2. The second-order valence-electron chi connectivity index (χ2n) is 4.94. The Morgan fingerprint density at radius 1 is 1.29 bits per heavy atom. The number of nitrogens with two attached hydrogens (primary N) is 1. The molecular formula is C13H17FN2O. The van der Waals surface area contributed by atoms with Gasteiger partial charge in [0.05, 0.1) is 0 Å². The minimum absolute atomic E-state index is 0.132. The molecule has 1 heterocycles. The smallest absolute Gasteiger partial charge is 0.254 e. The van der Waals surface area contributed by atoms with E-state index >= 15 is 0 Å². The Bertz CT molecular complexity index is 417. The SMILES string of the molecule is CC1CN(C(=O)c2cc(N)cc(F)c2)CC1C. The molecule has 0 bridgehead atoms. The molecule has 2 unspecified atom stereocenters. The topological polar surface area (TPSA) is 46.3 Å². The molecule has 0 aromatic heterocycles. The van der Waals surface area contributed by atoms with Gasteiger partial charge in [-0.3, -0.25) is 4.79 Å². The summed E-state index contributed by atoms with van der Waals surface area (Å²) in [5.41, 5.74) is 6.16. The number of carbonyl (C=O) groups excluding carboxylic acids is 1. The minimum Gasteiger partial charge on any atom is -0.399 e. The lowest BCUT2D eigenvalue weighted by Crippen LogP contribution is -2.29. The monoisotopic (exact) mass is 236 g/mol. The molecule has 3 nitrogen and oxygen atoms in total. The highest BCUT2D eigenvalue weighted by molar-refractivity contribution is 5.95. The predicted octanol–water partition coefficient (Wildman–Crippen LogP) is 2.14. The number of anilines is 1. The zero-order valence-electron chi connectivity index (χ0n) is 10.1. The van der Waals surface area contributed by atoms with E-state index in [2.05, 4.69) is 13.8 Å². The minimum atomic E-state index is -0.464. The zero-order chi connectivity index (χ0) is 12.6. The summed E-state index contributed by atoms with van der Waals surface area (Å²) in [4.78, 5) is 13.9. The van der Waals surface area contributed by atoms with Gasteiger partial charge in [0.15, 0.2) is 0 Å². The lowest BCUT2D eigenvalue weighted by molar-refractivity contribution is 0.0784. The third-order valence-electron chi connectivity index (χ3n) is 3.44. The molecule has 1 fully saturated rings. The predicted molar refractivity (Wildman–Crippen MR) is 65.0 cm³/mol. The Morgan fingerprint density at radius 2 is 1.88 bits per heavy atom. The van der Waals surface area contributed by atoms with Crippen LogP contribution in [0, 0.1) is 17.7 Å². The van der Waals surface area contributed by atoms with Crippen LogP contribution in [0.2, 0.25) is 0 Å². The van der Waals surface area contributed by atoms with Gasteiger partial charge < -0.3 is 10.6 Å². The first kappa shape index (κ1) is 11.9. The Kier molecular flexibility index (Phi) is 3.05. The number of nitrogen functional groups attached to an aromatic ring is 1. The average Bonchev–Trinajstić information content (AvgIpc) is 2.57. The Balaban J connectivity index is 2.20. The van der Waals surface area contributed by atoms with Crippen molar-refractivity contribution in [1.29, 1.82) is 0 Å². The van der Waals surface area contributed by atoms with Crippen molar-refractivity contribution in [2.75, 3.05) is 18.8 Å². The fourth-order valence-corrected chi connectivity index (χ4v) is 2.21. The first-order valence-corrected chi connectivity index (χ1v) is 5.82. The summed E-state index contributed by atoms with van der Waals surface area (Å²) < 4.78 is 13.2. The molecule has 1 saturated heterocycles. The van der Waals surface area contributed by atoms with Gasteiger partial charge in [0, 0.05) is 24.3 Å². The molecule has 4 heteroatoms. The molecule has 1 aromatic carbocycles. The number of hydrogen-bond acceptors (Lipinski definition) is 2. The highest BCUT2D eigenvalue weighted by Gasteiger charge is 2.30. The van der Waals surface area contributed by atoms with Crippen LogP contribution < -0.4 is 5.73 Å². The van der Waals surface area contributed by atoms with E-state index in [-0.39, 0.29) is 11.6 Å². The van der Waals surface area contributed by atoms with Gasteiger partial charge in [-0.25, -0.2) is 4.39 Å². The molecule has 1 aliphatic heterocycles. The number of nitrogens with zero attached hydrogens (tertiary/aromatic N) is 1. The van der Waals surface area contributed by atoms with Gasteiger partial charge in [0.1, 0.15) is 5.82 Å². The Morgan fingerprint density at radius 3 is 2.41 bits per heavy atom. The van der Waals surface area contributed by atoms with E-state index < -0.39 is 5.82 Å². The zero-order valence-corrected chi connectivity index (χ0v) is 10.1. The van der Waals surface area contributed by atoms with E-state index in [0.717, 1.165) is 13.1 Å². The largest absolute Gasteiger partial charge is 0.399 e. The molecule has 2 atom stereocenters. The van der Waals surface area contributed by atoms with Crippen molar-refractivity contribution in [3.8, 4) is 0 Å². The summed E-state index contributed by atoms with van der Waals surface area (Å²) in [6.45, 7) is 5.71. The van der Waals surface area contributed by atoms with E-state index in [1.54, 1.807) is 4.90 Å². The Labute approximate surface area is 100 Å². The first-order valence-electron chi connectivity index (χ1n) is 5.82. The molecule has 0 saturated carbocycles. The van der Waals surface area contributed by atoms with Crippen molar-refractivity contribution >= 4 is 11.6 Å². The highest BCUT2D eigenvalue weighted by Crippen LogP contribution is 2.24. The molecule has 1 aliphatic rings. The number of hydrogen-bond donors (Lipinski definition) is 1.